The van der Waals surface area contributed by atoms with Crippen LogP contribution in [-0.2, 0) is 0 Å². The molecule has 0 fully saturated rings. The first-order valence-corrected chi connectivity index (χ1v) is 4.96. The Kier molecular flexibility index (Phi) is 2.34. The van der Waals surface area contributed by atoms with E-state index in [1.54, 1.807) is 12.1 Å². The predicted octanol–water partition coefficient (Wildman–Crippen LogP) is 4.21. The minimum absolute atomic E-state index is 0.216. The van der Waals surface area contributed by atoms with E-state index in [9.17, 15) is 4.39 Å². The van der Waals surface area contributed by atoms with E-state index in [0.717, 1.165) is 14.8 Å². The monoisotopic (exact) mass is 212 g/mol. The Labute approximate surface area is 84.6 Å². The van der Waals surface area contributed by atoms with E-state index >= 15 is 0 Å². The lowest BCUT2D eigenvalue weighted by atomic mass is 10.2. The van der Waals surface area contributed by atoms with Crippen LogP contribution in [0.4, 0.5) is 4.39 Å². The highest BCUT2D eigenvalue weighted by atomic mass is 35.5. The fourth-order valence-electron chi connectivity index (χ4n) is 1.08. The summed E-state index contributed by atoms with van der Waals surface area (Å²) < 4.78 is 13.3. The molecule has 0 bridgehead atoms. The van der Waals surface area contributed by atoms with Crippen molar-refractivity contribution in [3.05, 3.63) is 46.6 Å². The summed E-state index contributed by atoms with van der Waals surface area (Å²) in [6.45, 7) is 0. The van der Waals surface area contributed by atoms with Gasteiger partial charge in [-0.2, -0.15) is 0 Å². The summed E-state index contributed by atoms with van der Waals surface area (Å²) in [5, 5.41) is 0. The Bertz CT molecular complexity index is 405. The molecule has 13 heavy (non-hydrogen) atoms. The van der Waals surface area contributed by atoms with Gasteiger partial charge in [0.05, 0.1) is 4.34 Å². The van der Waals surface area contributed by atoms with Gasteiger partial charge in [-0.15, -0.1) is 11.3 Å². The Morgan fingerprint density at radius 1 is 1.00 bits per heavy atom. The molecule has 66 valence electrons. The number of halogens is 2. The summed E-state index contributed by atoms with van der Waals surface area (Å²) in [6, 6.07) is 10.2. The zero-order valence-corrected chi connectivity index (χ0v) is 8.20. The van der Waals surface area contributed by atoms with Gasteiger partial charge in [-0.3, -0.25) is 0 Å². The Balaban J connectivity index is 2.41. The van der Waals surface area contributed by atoms with Gasteiger partial charge in [-0.25, -0.2) is 4.39 Å². The number of benzene rings is 1. The first-order chi connectivity index (χ1) is 6.25. The standard InChI is InChI=1S/C10H6ClFS/c11-10-6-5-9(13-10)7-1-3-8(12)4-2-7/h1-6H. The second kappa shape index (κ2) is 3.48. The van der Waals surface area contributed by atoms with Crippen molar-refractivity contribution in [2.75, 3.05) is 0 Å². The van der Waals surface area contributed by atoms with Gasteiger partial charge in [0.25, 0.3) is 0 Å². The molecule has 3 heteroatoms. The lowest BCUT2D eigenvalue weighted by Crippen LogP contribution is -1.73. The molecule has 0 saturated carbocycles. The average Bonchev–Trinajstić information content (AvgIpc) is 2.53. The molecule has 0 aliphatic rings. The van der Waals surface area contributed by atoms with Gasteiger partial charge in [0.2, 0.25) is 0 Å². The van der Waals surface area contributed by atoms with Gasteiger partial charge in [-0.05, 0) is 29.8 Å². The first kappa shape index (κ1) is 8.73. The normalized spacial score (nSPS) is 10.3. The van der Waals surface area contributed by atoms with Crippen LogP contribution in [-0.4, -0.2) is 0 Å². The second-order valence-corrected chi connectivity index (χ2v) is 4.33. The highest BCUT2D eigenvalue weighted by molar-refractivity contribution is 7.19. The van der Waals surface area contributed by atoms with Crippen LogP contribution in [0.25, 0.3) is 10.4 Å². The van der Waals surface area contributed by atoms with E-state index in [2.05, 4.69) is 0 Å². The smallest absolute Gasteiger partial charge is 0.123 e. The molecule has 0 amide bonds. The molecule has 0 radical (unpaired) electrons. The van der Waals surface area contributed by atoms with Gasteiger partial charge in [-0.1, -0.05) is 23.7 Å². The Morgan fingerprint density at radius 2 is 1.69 bits per heavy atom. The van der Waals surface area contributed by atoms with Crippen molar-refractivity contribution in [2.24, 2.45) is 0 Å². The van der Waals surface area contributed by atoms with Crippen molar-refractivity contribution < 1.29 is 4.39 Å². The molecule has 0 aliphatic heterocycles. The summed E-state index contributed by atoms with van der Waals surface area (Å²) in [5.41, 5.74) is 0.998. The topological polar surface area (TPSA) is 0 Å². The van der Waals surface area contributed by atoms with Crippen LogP contribution >= 0.6 is 22.9 Å². The third kappa shape index (κ3) is 1.90. The third-order valence-corrected chi connectivity index (χ3v) is 2.98. The van der Waals surface area contributed by atoms with Crippen molar-refractivity contribution in [1.82, 2.24) is 0 Å². The Morgan fingerprint density at radius 3 is 2.23 bits per heavy atom. The number of hydrogen-bond donors (Lipinski definition) is 0. The van der Waals surface area contributed by atoms with Gasteiger partial charge >= 0.3 is 0 Å². The van der Waals surface area contributed by atoms with E-state index in [1.165, 1.54) is 23.5 Å². The average molecular weight is 213 g/mol. The van der Waals surface area contributed by atoms with E-state index in [4.69, 9.17) is 11.6 Å². The zero-order chi connectivity index (χ0) is 9.26. The fraction of sp³-hybridized carbons (Fsp3) is 0. The molecule has 0 spiro atoms. The molecular formula is C10H6ClFS. The molecule has 2 rings (SSSR count). The highest BCUT2D eigenvalue weighted by Crippen LogP contribution is 2.30. The SMILES string of the molecule is Fc1ccc(-c2ccc(Cl)s2)cc1. The molecule has 0 aliphatic carbocycles. The molecule has 1 heterocycles. The van der Waals surface area contributed by atoms with Crippen molar-refractivity contribution in [1.29, 1.82) is 0 Å². The maximum Gasteiger partial charge on any atom is 0.123 e. The Hall–Kier alpha value is -0.860. The number of hydrogen-bond acceptors (Lipinski definition) is 1. The lowest BCUT2D eigenvalue weighted by Gasteiger charge is -1.95. The summed E-state index contributed by atoms with van der Waals surface area (Å²) in [4.78, 5) is 1.06. The molecule has 1 aromatic carbocycles. The summed E-state index contributed by atoms with van der Waals surface area (Å²) in [5.74, 6) is -0.216. The molecule has 2 aromatic rings. The molecule has 0 nitrogen and oxygen atoms in total. The van der Waals surface area contributed by atoms with Gasteiger partial charge in [0, 0.05) is 4.88 Å². The van der Waals surface area contributed by atoms with E-state index in [-0.39, 0.29) is 5.82 Å². The van der Waals surface area contributed by atoms with Crippen molar-refractivity contribution in [3.8, 4) is 10.4 Å². The summed E-state index contributed by atoms with van der Waals surface area (Å²) in [7, 11) is 0. The van der Waals surface area contributed by atoms with E-state index in [0.29, 0.717) is 0 Å². The number of rotatable bonds is 1. The molecular weight excluding hydrogens is 207 g/mol. The van der Waals surface area contributed by atoms with Gasteiger partial charge in [0.1, 0.15) is 5.82 Å². The zero-order valence-electron chi connectivity index (χ0n) is 6.63. The predicted molar refractivity (Wildman–Crippen MR) is 54.7 cm³/mol. The number of thiophene rings is 1. The maximum absolute atomic E-state index is 12.6. The van der Waals surface area contributed by atoms with Crippen molar-refractivity contribution >= 4 is 22.9 Å². The molecule has 0 saturated heterocycles. The first-order valence-electron chi connectivity index (χ1n) is 3.77. The van der Waals surface area contributed by atoms with Crippen LogP contribution in [0.1, 0.15) is 0 Å². The van der Waals surface area contributed by atoms with Crippen LogP contribution in [0.2, 0.25) is 4.34 Å². The largest absolute Gasteiger partial charge is 0.207 e. The van der Waals surface area contributed by atoms with E-state index in [1.807, 2.05) is 12.1 Å². The van der Waals surface area contributed by atoms with Crippen LogP contribution in [0.3, 0.4) is 0 Å². The van der Waals surface area contributed by atoms with Crippen molar-refractivity contribution in [2.45, 2.75) is 0 Å². The quantitative estimate of drug-likeness (QED) is 0.665. The molecule has 0 atom stereocenters. The van der Waals surface area contributed by atoms with Crippen LogP contribution in [0, 0.1) is 5.82 Å². The second-order valence-electron chi connectivity index (χ2n) is 2.61. The van der Waals surface area contributed by atoms with Crippen molar-refractivity contribution in [3.63, 3.8) is 0 Å². The highest BCUT2D eigenvalue weighted by Gasteiger charge is 2.00. The fourth-order valence-corrected chi connectivity index (χ4v) is 2.13. The summed E-state index contributed by atoms with van der Waals surface area (Å²) in [6.07, 6.45) is 0. The molecule has 0 N–H and O–H groups in total. The molecule has 1 aromatic heterocycles. The third-order valence-electron chi connectivity index (χ3n) is 1.70. The maximum atomic E-state index is 12.6. The molecule has 0 unspecified atom stereocenters. The van der Waals surface area contributed by atoms with Crippen LogP contribution < -0.4 is 0 Å². The van der Waals surface area contributed by atoms with Gasteiger partial charge in [0.15, 0.2) is 0 Å². The lowest BCUT2D eigenvalue weighted by molar-refractivity contribution is 0.628. The van der Waals surface area contributed by atoms with Crippen LogP contribution in [0.5, 0.6) is 0 Å². The van der Waals surface area contributed by atoms with Gasteiger partial charge < -0.3 is 0 Å². The van der Waals surface area contributed by atoms with Crippen LogP contribution in [0.15, 0.2) is 36.4 Å². The minimum atomic E-state index is -0.216. The summed E-state index contributed by atoms with van der Waals surface area (Å²) >= 11 is 7.28. The van der Waals surface area contributed by atoms with E-state index < -0.39 is 0 Å². The minimum Gasteiger partial charge on any atom is -0.207 e.